The molecule has 2 amide bonds. The number of aryl methyl sites for hydroxylation is 1. The number of morpholine rings is 1. The highest BCUT2D eigenvalue weighted by Crippen LogP contribution is 2.39. The van der Waals surface area contributed by atoms with Crippen LogP contribution in [0.1, 0.15) is 17.3 Å². The number of pyridine rings is 1. The SMILES string of the molecule is C[C@H]1COCCN1c1cc(NC(=O)Cn2cc(-c3cc(C(N)=O)c(O)c(Cl)c3F)c3c(=O)n(C)cnc32)c(Cl)c(F)n1. The van der Waals surface area contributed by atoms with Crippen LogP contribution in [0.15, 0.2) is 29.5 Å². The highest BCUT2D eigenvalue weighted by Gasteiger charge is 2.26. The summed E-state index contributed by atoms with van der Waals surface area (Å²) in [7, 11) is 1.42. The summed E-state index contributed by atoms with van der Waals surface area (Å²) in [6.45, 7) is 2.71. The smallest absolute Gasteiger partial charge is 0.263 e. The maximum atomic E-state index is 15.3. The van der Waals surface area contributed by atoms with Crippen molar-refractivity contribution in [2.24, 2.45) is 12.8 Å². The predicted octanol–water partition coefficient (Wildman–Crippen LogP) is 3.05. The summed E-state index contributed by atoms with van der Waals surface area (Å²) in [5, 5.41) is 11.4. The Kier molecular flexibility index (Phi) is 7.79. The van der Waals surface area contributed by atoms with Gasteiger partial charge in [0.2, 0.25) is 11.9 Å². The number of primary amides is 1. The molecule has 5 rings (SSSR count). The molecule has 220 valence electrons. The van der Waals surface area contributed by atoms with Gasteiger partial charge in [-0.05, 0) is 13.0 Å². The van der Waals surface area contributed by atoms with Gasteiger partial charge in [-0.3, -0.25) is 14.4 Å². The van der Waals surface area contributed by atoms with E-state index >= 15 is 4.39 Å². The highest BCUT2D eigenvalue weighted by molar-refractivity contribution is 6.34. The molecule has 1 saturated heterocycles. The van der Waals surface area contributed by atoms with E-state index in [1.54, 1.807) is 0 Å². The van der Waals surface area contributed by atoms with E-state index in [4.69, 9.17) is 33.7 Å². The zero-order valence-electron chi connectivity index (χ0n) is 22.1. The van der Waals surface area contributed by atoms with Crippen LogP contribution in [-0.4, -0.2) is 61.8 Å². The van der Waals surface area contributed by atoms with Gasteiger partial charge in [0.05, 0.1) is 42.2 Å². The van der Waals surface area contributed by atoms with E-state index < -0.39 is 57.0 Å². The number of amides is 2. The number of nitrogens with zero attached hydrogens (tertiary/aromatic N) is 5. The molecule has 0 saturated carbocycles. The number of hydrogen-bond acceptors (Lipinski definition) is 8. The number of halogens is 4. The van der Waals surface area contributed by atoms with Gasteiger partial charge < -0.3 is 34.9 Å². The van der Waals surface area contributed by atoms with Crippen LogP contribution in [0.25, 0.3) is 22.2 Å². The quantitative estimate of drug-likeness (QED) is 0.277. The fourth-order valence-electron chi connectivity index (χ4n) is 4.73. The highest BCUT2D eigenvalue weighted by atomic mass is 35.5. The van der Waals surface area contributed by atoms with Crippen LogP contribution >= 0.6 is 23.2 Å². The number of carbonyl (C=O) groups is 2. The van der Waals surface area contributed by atoms with E-state index in [2.05, 4.69) is 15.3 Å². The number of hydrogen-bond donors (Lipinski definition) is 3. The normalized spacial score (nSPS) is 15.3. The van der Waals surface area contributed by atoms with Crippen LogP contribution < -0.4 is 21.5 Å². The fraction of sp³-hybridized carbons (Fsp3) is 0.269. The average molecular weight is 622 g/mol. The molecule has 0 radical (unpaired) electrons. The second-order valence-corrected chi connectivity index (χ2v) is 10.4. The molecular formula is C26H23Cl2F2N7O5. The second-order valence-electron chi connectivity index (χ2n) is 9.64. The number of nitrogens with one attached hydrogen (secondary N) is 1. The Bertz CT molecular complexity index is 1830. The van der Waals surface area contributed by atoms with Gasteiger partial charge in [-0.1, -0.05) is 23.2 Å². The lowest BCUT2D eigenvalue weighted by atomic mass is 10.0. The first-order valence-electron chi connectivity index (χ1n) is 12.4. The fourth-order valence-corrected chi connectivity index (χ4v) is 5.07. The van der Waals surface area contributed by atoms with E-state index in [0.29, 0.717) is 19.8 Å². The lowest BCUT2D eigenvalue weighted by Gasteiger charge is -2.34. The van der Waals surface area contributed by atoms with Crippen molar-refractivity contribution in [1.29, 1.82) is 0 Å². The lowest BCUT2D eigenvalue weighted by molar-refractivity contribution is -0.116. The second kappa shape index (κ2) is 11.2. The number of nitrogens with two attached hydrogens (primary N) is 1. The number of aromatic nitrogens is 4. The van der Waals surface area contributed by atoms with Crippen molar-refractivity contribution in [3.63, 3.8) is 0 Å². The van der Waals surface area contributed by atoms with Gasteiger partial charge in [-0.25, -0.2) is 14.4 Å². The number of carbonyl (C=O) groups excluding carboxylic acids is 2. The number of rotatable bonds is 6. The third-order valence-corrected chi connectivity index (χ3v) is 7.53. The summed E-state index contributed by atoms with van der Waals surface area (Å²) >= 11 is 12.0. The van der Waals surface area contributed by atoms with Crippen molar-refractivity contribution in [2.45, 2.75) is 19.5 Å². The van der Waals surface area contributed by atoms with Gasteiger partial charge in [0.15, 0.2) is 5.82 Å². The molecule has 0 aliphatic carbocycles. The monoisotopic (exact) mass is 621 g/mol. The van der Waals surface area contributed by atoms with E-state index in [0.717, 1.165) is 10.6 Å². The Labute approximate surface area is 246 Å². The molecule has 4 heterocycles. The standard InChI is InChI=1S/C26H23Cl2F2N7O5/c1-11-9-42-4-3-37(11)16-6-15(19(27)23(30)34-16)33-17(38)8-36-7-14(18-25(36)32-10-35(2)26(18)41)12-5-13(24(31)40)22(39)20(28)21(12)29/h5-7,10-11,39H,3-4,8-9H2,1-2H3,(H2,31,40)(H,33,34,38)/t11-/m0/s1. The van der Waals surface area contributed by atoms with Crippen molar-refractivity contribution in [3.05, 3.63) is 62.4 Å². The Morgan fingerprint density at radius 1 is 1.24 bits per heavy atom. The maximum Gasteiger partial charge on any atom is 0.263 e. The van der Waals surface area contributed by atoms with Crippen molar-refractivity contribution in [3.8, 4) is 16.9 Å². The molecule has 1 aromatic carbocycles. The molecule has 1 aliphatic rings. The minimum absolute atomic E-state index is 0.00214. The van der Waals surface area contributed by atoms with Crippen LogP contribution in [0.2, 0.25) is 10.0 Å². The molecular weight excluding hydrogens is 599 g/mol. The van der Waals surface area contributed by atoms with Crippen molar-refractivity contribution < 1.29 is 28.2 Å². The number of anilines is 2. The lowest BCUT2D eigenvalue weighted by Crippen LogP contribution is -2.44. The summed E-state index contributed by atoms with van der Waals surface area (Å²) < 4.78 is 37.8. The first kappa shape index (κ1) is 29.2. The van der Waals surface area contributed by atoms with Crippen LogP contribution in [0.4, 0.5) is 20.3 Å². The molecule has 0 bridgehead atoms. The Balaban J connectivity index is 1.55. The Hall–Kier alpha value is -4.27. The molecule has 1 atom stereocenters. The first-order chi connectivity index (χ1) is 19.9. The molecule has 12 nitrogen and oxygen atoms in total. The molecule has 42 heavy (non-hydrogen) atoms. The number of phenols is 1. The van der Waals surface area contributed by atoms with E-state index in [1.807, 2.05) is 11.8 Å². The van der Waals surface area contributed by atoms with Crippen LogP contribution in [0.3, 0.4) is 0 Å². The van der Waals surface area contributed by atoms with Gasteiger partial charge in [0.25, 0.3) is 11.5 Å². The molecule has 4 aromatic rings. The zero-order valence-corrected chi connectivity index (χ0v) is 23.6. The summed E-state index contributed by atoms with van der Waals surface area (Å²) in [6, 6.07) is 2.30. The topological polar surface area (TPSA) is 158 Å². The average Bonchev–Trinajstić information content (AvgIpc) is 3.30. The first-order valence-corrected chi connectivity index (χ1v) is 13.2. The van der Waals surface area contributed by atoms with Crippen LogP contribution in [-0.2, 0) is 23.1 Å². The van der Waals surface area contributed by atoms with Crippen molar-refractivity contribution in [1.82, 2.24) is 19.1 Å². The largest absolute Gasteiger partial charge is 0.505 e. The van der Waals surface area contributed by atoms with Crippen molar-refractivity contribution >= 4 is 57.6 Å². The van der Waals surface area contributed by atoms with Crippen molar-refractivity contribution in [2.75, 3.05) is 30.0 Å². The van der Waals surface area contributed by atoms with E-state index in [9.17, 15) is 23.9 Å². The predicted molar refractivity (Wildman–Crippen MR) is 151 cm³/mol. The summed E-state index contributed by atoms with van der Waals surface area (Å²) in [6.07, 6.45) is 2.48. The number of benzene rings is 1. The third kappa shape index (κ3) is 5.12. The van der Waals surface area contributed by atoms with Crippen LogP contribution in [0.5, 0.6) is 5.75 Å². The van der Waals surface area contributed by atoms with Gasteiger partial charge in [0, 0.05) is 37.0 Å². The van der Waals surface area contributed by atoms with Gasteiger partial charge >= 0.3 is 0 Å². The summed E-state index contributed by atoms with van der Waals surface area (Å²) in [4.78, 5) is 48.1. The minimum atomic E-state index is -1.13. The maximum absolute atomic E-state index is 15.3. The number of ether oxygens (including phenoxy) is 1. The molecule has 16 heteroatoms. The van der Waals surface area contributed by atoms with E-state index in [-0.39, 0.29) is 39.7 Å². The van der Waals surface area contributed by atoms with Gasteiger partial charge in [-0.2, -0.15) is 4.39 Å². The minimum Gasteiger partial charge on any atom is -0.505 e. The molecule has 0 spiro atoms. The van der Waals surface area contributed by atoms with Gasteiger partial charge in [-0.15, -0.1) is 0 Å². The summed E-state index contributed by atoms with van der Waals surface area (Å²) in [5.74, 6) is -4.48. The molecule has 1 fully saturated rings. The zero-order chi connectivity index (χ0) is 30.5. The van der Waals surface area contributed by atoms with E-state index in [1.165, 1.54) is 30.2 Å². The summed E-state index contributed by atoms with van der Waals surface area (Å²) in [5.41, 5.74) is 3.81. The Morgan fingerprint density at radius 2 is 1.98 bits per heavy atom. The molecule has 3 aromatic heterocycles. The number of aromatic hydroxyl groups is 1. The number of fused-ring (bicyclic) bond motifs is 1. The molecule has 1 aliphatic heterocycles. The third-order valence-electron chi connectivity index (χ3n) is 6.83. The molecule has 4 N–H and O–H groups in total. The van der Waals surface area contributed by atoms with Gasteiger partial charge in [0.1, 0.15) is 33.8 Å². The molecule has 0 unspecified atom stereocenters. The van der Waals surface area contributed by atoms with Crippen LogP contribution in [0, 0.1) is 11.8 Å². The Morgan fingerprint density at radius 3 is 2.67 bits per heavy atom.